The monoisotopic (exact) mass is 414 g/mol. The van der Waals surface area contributed by atoms with Crippen molar-refractivity contribution in [3.63, 3.8) is 0 Å². The van der Waals surface area contributed by atoms with Gasteiger partial charge in [-0.15, -0.1) is 0 Å². The van der Waals surface area contributed by atoms with Gasteiger partial charge in [0.05, 0.1) is 12.1 Å². The SMILES string of the molecule is C=C(/C=C\C=C/C)[C@]12CC3CC(C(=O)N[C@H]4CC[C@@H](N)CC4)(C[C@](CCF)(C3)C1)C2. The number of carbonyl (C=O) groups is 1. The van der Waals surface area contributed by atoms with Gasteiger partial charge in [0.15, 0.2) is 0 Å². The van der Waals surface area contributed by atoms with Crippen molar-refractivity contribution in [2.75, 3.05) is 6.67 Å². The molecule has 5 rings (SSSR count). The fourth-order valence-electron chi connectivity index (χ4n) is 7.79. The van der Waals surface area contributed by atoms with Gasteiger partial charge in [-0.2, -0.15) is 0 Å². The maximum atomic E-state index is 13.7. The van der Waals surface area contributed by atoms with Crippen molar-refractivity contribution in [2.45, 2.75) is 89.6 Å². The van der Waals surface area contributed by atoms with Gasteiger partial charge in [0.25, 0.3) is 0 Å². The Morgan fingerprint density at radius 2 is 1.80 bits per heavy atom. The van der Waals surface area contributed by atoms with Crippen LogP contribution in [0.25, 0.3) is 0 Å². The van der Waals surface area contributed by atoms with Gasteiger partial charge >= 0.3 is 0 Å². The summed E-state index contributed by atoms with van der Waals surface area (Å²) < 4.78 is 13.7. The van der Waals surface area contributed by atoms with Crippen molar-refractivity contribution in [1.82, 2.24) is 5.32 Å². The molecule has 0 aromatic carbocycles. The fourth-order valence-corrected chi connectivity index (χ4v) is 7.79. The molecular formula is C26H39FN2O. The van der Waals surface area contributed by atoms with Crippen LogP contribution >= 0.6 is 0 Å². The zero-order valence-corrected chi connectivity index (χ0v) is 18.6. The van der Waals surface area contributed by atoms with Gasteiger partial charge < -0.3 is 11.1 Å². The van der Waals surface area contributed by atoms with Crippen LogP contribution < -0.4 is 11.1 Å². The Morgan fingerprint density at radius 1 is 1.10 bits per heavy atom. The van der Waals surface area contributed by atoms with E-state index >= 15 is 0 Å². The van der Waals surface area contributed by atoms with Gasteiger partial charge in [-0.3, -0.25) is 9.18 Å². The van der Waals surface area contributed by atoms with E-state index in [1.165, 1.54) is 0 Å². The van der Waals surface area contributed by atoms with E-state index in [4.69, 9.17) is 5.73 Å². The predicted molar refractivity (Wildman–Crippen MR) is 121 cm³/mol. The van der Waals surface area contributed by atoms with Crippen LogP contribution in [0.2, 0.25) is 0 Å². The summed E-state index contributed by atoms with van der Waals surface area (Å²) in [6.07, 6.45) is 18.6. The molecule has 1 amide bonds. The van der Waals surface area contributed by atoms with E-state index in [0.29, 0.717) is 12.3 Å². The third-order valence-corrected chi connectivity index (χ3v) is 8.68. The molecule has 0 radical (unpaired) electrons. The Labute approximate surface area is 181 Å². The van der Waals surface area contributed by atoms with E-state index in [0.717, 1.165) is 69.8 Å². The average Bonchev–Trinajstić information content (AvgIpc) is 2.69. The number of halogens is 1. The van der Waals surface area contributed by atoms with Crippen molar-refractivity contribution in [2.24, 2.45) is 27.9 Å². The van der Waals surface area contributed by atoms with Crippen molar-refractivity contribution in [3.8, 4) is 0 Å². The van der Waals surface area contributed by atoms with Gasteiger partial charge in [0, 0.05) is 12.1 Å². The van der Waals surface area contributed by atoms with Crippen LogP contribution in [0, 0.1) is 22.2 Å². The zero-order chi connectivity index (χ0) is 21.4. The number of alkyl halides is 1. The summed E-state index contributed by atoms with van der Waals surface area (Å²) in [4.78, 5) is 13.7. The summed E-state index contributed by atoms with van der Waals surface area (Å²) in [5, 5.41) is 3.42. The minimum Gasteiger partial charge on any atom is -0.353 e. The molecule has 3 nitrogen and oxygen atoms in total. The summed E-state index contributed by atoms with van der Waals surface area (Å²) in [6, 6.07) is 0.525. The molecule has 0 aromatic rings. The predicted octanol–water partition coefficient (Wildman–Crippen LogP) is 5.38. The van der Waals surface area contributed by atoms with Crippen molar-refractivity contribution >= 4 is 5.91 Å². The first-order valence-corrected chi connectivity index (χ1v) is 12.0. The van der Waals surface area contributed by atoms with Crippen LogP contribution in [0.1, 0.15) is 77.6 Å². The van der Waals surface area contributed by atoms with E-state index < -0.39 is 0 Å². The maximum Gasteiger partial charge on any atom is 0.226 e. The smallest absolute Gasteiger partial charge is 0.226 e. The van der Waals surface area contributed by atoms with E-state index in [2.05, 4.69) is 24.0 Å². The molecule has 4 bridgehead atoms. The lowest BCUT2D eigenvalue weighted by molar-refractivity contribution is -0.172. The molecule has 3 N–H and O–H groups in total. The molecule has 0 saturated heterocycles. The standard InChI is InChI=1S/C26H39FN2O/c1-3-4-5-6-19(2)25-14-20-13-24(16-25,11-12-27)17-26(15-20,18-25)23(30)29-22-9-7-21(28)8-10-22/h3-6,20-22H,2,7-18,28H2,1H3,(H,29,30)/b4-3-,6-5-/t20?,21-,22+,24-,25-,26?/m1/s1. The molecule has 5 fully saturated rings. The Balaban J connectivity index is 1.60. The normalized spacial score (nSPS) is 42.8. The van der Waals surface area contributed by atoms with Crippen molar-refractivity contribution in [1.29, 1.82) is 0 Å². The average molecular weight is 415 g/mol. The van der Waals surface area contributed by atoms with E-state index in [9.17, 15) is 9.18 Å². The van der Waals surface area contributed by atoms with E-state index in [-0.39, 0.29) is 40.9 Å². The second-order valence-corrected chi connectivity index (χ2v) is 11.0. The molecule has 0 aromatic heterocycles. The number of carbonyl (C=O) groups excluding carboxylic acids is 1. The molecule has 2 unspecified atom stereocenters. The number of hydrogen-bond donors (Lipinski definition) is 2. The molecule has 4 atom stereocenters. The lowest BCUT2D eigenvalue weighted by Crippen LogP contribution is -2.62. The Morgan fingerprint density at radius 3 is 2.50 bits per heavy atom. The largest absolute Gasteiger partial charge is 0.353 e. The highest BCUT2D eigenvalue weighted by molar-refractivity contribution is 5.84. The van der Waals surface area contributed by atoms with Crippen LogP contribution in [-0.2, 0) is 4.79 Å². The summed E-state index contributed by atoms with van der Waals surface area (Å²) in [6.45, 7) is 6.18. The summed E-state index contributed by atoms with van der Waals surface area (Å²) >= 11 is 0. The zero-order valence-electron chi connectivity index (χ0n) is 18.6. The number of hydrogen-bond acceptors (Lipinski definition) is 2. The van der Waals surface area contributed by atoms with E-state index in [1.807, 2.05) is 19.1 Å². The first-order chi connectivity index (χ1) is 14.3. The summed E-state index contributed by atoms with van der Waals surface area (Å²) in [5.41, 5.74) is 6.73. The molecule has 4 heteroatoms. The third-order valence-electron chi connectivity index (χ3n) is 8.68. The second kappa shape index (κ2) is 8.26. The van der Waals surface area contributed by atoms with Gasteiger partial charge in [0.1, 0.15) is 0 Å². The third kappa shape index (κ3) is 3.92. The molecule has 5 saturated carbocycles. The van der Waals surface area contributed by atoms with Crippen molar-refractivity contribution < 1.29 is 9.18 Å². The summed E-state index contributed by atoms with van der Waals surface area (Å²) in [7, 11) is 0. The van der Waals surface area contributed by atoms with E-state index in [1.54, 1.807) is 0 Å². The van der Waals surface area contributed by atoms with Crippen LogP contribution in [0.15, 0.2) is 36.5 Å². The highest BCUT2D eigenvalue weighted by Crippen LogP contribution is 2.72. The topological polar surface area (TPSA) is 55.1 Å². The number of nitrogens with two attached hydrogens (primary N) is 1. The molecule has 0 heterocycles. The molecular weight excluding hydrogens is 375 g/mol. The minimum atomic E-state index is -0.356. The lowest BCUT2D eigenvalue weighted by atomic mass is 9.37. The van der Waals surface area contributed by atoms with Gasteiger partial charge in [0.2, 0.25) is 5.91 Å². The molecule has 0 spiro atoms. The molecule has 5 aliphatic rings. The first kappa shape index (κ1) is 21.8. The van der Waals surface area contributed by atoms with Gasteiger partial charge in [-0.25, -0.2) is 0 Å². The number of allylic oxidation sites excluding steroid dienone is 5. The lowest BCUT2D eigenvalue weighted by Gasteiger charge is -2.66. The van der Waals surface area contributed by atoms with Gasteiger partial charge in [-0.05, 0) is 99.9 Å². The van der Waals surface area contributed by atoms with Crippen LogP contribution in [0.4, 0.5) is 4.39 Å². The number of amides is 1. The maximum absolute atomic E-state index is 13.7. The number of nitrogens with one attached hydrogen (secondary N) is 1. The fraction of sp³-hybridized carbons (Fsp3) is 0.731. The Hall–Kier alpha value is -1.42. The van der Waals surface area contributed by atoms with Gasteiger partial charge in [-0.1, -0.05) is 30.9 Å². The van der Waals surface area contributed by atoms with Crippen LogP contribution in [-0.4, -0.2) is 24.7 Å². The van der Waals surface area contributed by atoms with Crippen LogP contribution in [0.3, 0.4) is 0 Å². The minimum absolute atomic E-state index is 0.0438. The highest BCUT2D eigenvalue weighted by Gasteiger charge is 2.65. The number of rotatable bonds is 7. The molecule has 5 aliphatic carbocycles. The molecule has 166 valence electrons. The Kier molecular flexibility index (Phi) is 6.00. The quantitative estimate of drug-likeness (QED) is 0.550. The summed E-state index contributed by atoms with van der Waals surface area (Å²) in [5.74, 6) is 0.732. The van der Waals surface area contributed by atoms with Crippen molar-refractivity contribution in [3.05, 3.63) is 36.5 Å². The molecule has 0 aliphatic heterocycles. The highest BCUT2D eigenvalue weighted by atomic mass is 19.1. The second-order valence-electron chi connectivity index (χ2n) is 11.0. The first-order valence-electron chi connectivity index (χ1n) is 12.0. The van der Waals surface area contributed by atoms with Crippen LogP contribution in [0.5, 0.6) is 0 Å². The Bertz CT molecular complexity index is 737. The molecule has 30 heavy (non-hydrogen) atoms.